The van der Waals surface area contributed by atoms with E-state index in [0.29, 0.717) is 13.2 Å². The van der Waals surface area contributed by atoms with Crippen LogP contribution in [-0.2, 0) is 0 Å². The summed E-state index contributed by atoms with van der Waals surface area (Å²) in [5.41, 5.74) is 0. The molecule has 0 saturated carbocycles. The van der Waals surface area contributed by atoms with Crippen molar-refractivity contribution in [1.29, 1.82) is 0 Å². The number of alkyl halides is 1. The molecule has 1 aromatic carbocycles. The van der Waals surface area contributed by atoms with Gasteiger partial charge in [0.15, 0.2) is 11.5 Å². The van der Waals surface area contributed by atoms with E-state index in [-0.39, 0.29) is 11.4 Å². The molecule has 3 rings (SSSR count). The lowest BCUT2D eigenvalue weighted by Crippen LogP contribution is -2.19. The zero-order valence-corrected chi connectivity index (χ0v) is 13.0. The first-order valence-electron chi connectivity index (χ1n) is 7.22. The summed E-state index contributed by atoms with van der Waals surface area (Å²) >= 11 is 6.05. The fourth-order valence-electron chi connectivity index (χ4n) is 2.60. The van der Waals surface area contributed by atoms with Gasteiger partial charge in [-0.1, -0.05) is 0 Å². The van der Waals surface area contributed by atoms with Gasteiger partial charge in [-0.3, -0.25) is 0 Å². The van der Waals surface area contributed by atoms with Gasteiger partial charge in [0.25, 0.3) is 0 Å². The molecule has 1 N–H and O–H groups in total. The second kappa shape index (κ2) is 5.98. The van der Waals surface area contributed by atoms with Crippen LogP contribution in [0.15, 0.2) is 24.4 Å². The molecule has 1 aromatic heterocycles. The van der Waals surface area contributed by atoms with Crippen LogP contribution in [0.25, 0.3) is 10.8 Å². The normalized spacial score (nSPS) is 16.5. The summed E-state index contributed by atoms with van der Waals surface area (Å²) < 4.78 is 11.3. The number of benzene rings is 1. The van der Waals surface area contributed by atoms with Crippen molar-refractivity contribution in [3.05, 3.63) is 24.4 Å². The van der Waals surface area contributed by atoms with Crippen molar-refractivity contribution in [2.45, 2.75) is 31.7 Å². The van der Waals surface area contributed by atoms with E-state index in [1.54, 1.807) is 6.20 Å². The predicted molar refractivity (Wildman–Crippen MR) is 85.7 cm³/mol. The van der Waals surface area contributed by atoms with E-state index in [1.165, 1.54) is 0 Å². The van der Waals surface area contributed by atoms with Crippen LogP contribution >= 0.6 is 11.6 Å². The van der Waals surface area contributed by atoms with Crippen molar-refractivity contribution in [2.75, 3.05) is 18.5 Å². The molecule has 5 heteroatoms. The molecular formula is C16H19ClN2O2. The van der Waals surface area contributed by atoms with Crippen LogP contribution in [0, 0.1) is 0 Å². The summed E-state index contributed by atoms with van der Waals surface area (Å²) in [5, 5.41) is 5.69. The van der Waals surface area contributed by atoms with Crippen LogP contribution in [-0.4, -0.2) is 29.6 Å². The van der Waals surface area contributed by atoms with Gasteiger partial charge in [-0.15, -0.1) is 11.6 Å². The molecule has 112 valence electrons. The van der Waals surface area contributed by atoms with Crippen LogP contribution in [0.5, 0.6) is 11.5 Å². The van der Waals surface area contributed by atoms with E-state index in [0.717, 1.165) is 34.5 Å². The number of aromatic nitrogens is 1. The van der Waals surface area contributed by atoms with E-state index in [2.05, 4.69) is 17.2 Å². The van der Waals surface area contributed by atoms with Crippen LogP contribution in [0.2, 0.25) is 0 Å². The monoisotopic (exact) mass is 306 g/mol. The summed E-state index contributed by atoms with van der Waals surface area (Å²) in [6, 6.07) is 6.23. The number of ether oxygens (including phenoxy) is 2. The fraction of sp³-hybridized carbons (Fsp3) is 0.438. The maximum Gasteiger partial charge on any atom is 0.162 e. The SMILES string of the molecule is CC(Cl)CC(C)Nc1nccc2cc3c(cc12)OCCO3. The highest BCUT2D eigenvalue weighted by atomic mass is 35.5. The standard InChI is InChI=1S/C16H19ClN2O2/c1-10(17)7-11(2)19-16-13-9-15-14(20-5-6-21-15)8-12(13)3-4-18-16/h3-4,8-11H,5-7H2,1-2H3,(H,18,19). The molecule has 1 aliphatic heterocycles. The van der Waals surface area contributed by atoms with Crippen LogP contribution in [0.4, 0.5) is 5.82 Å². The van der Waals surface area contributed by atoms with Crippen molar-refractivity contribution in [2.24, 2.45) is 0 Å². The molecular weight excluding hydrogens is 288 g/mol. The number of rotatable bonds is 4. The molecule has 0 bridgehead atoms. The molecule has 2 atom stereocenters. The Bertz CT molecular complexity index is 645. The van der Waals surface area contributed by atoms with Gasteiger partial charge in [-0.25, -0.2) is 4.98 Å². The largest absolute Gasteiger partial charge is 0.486 e. The predicted octanol–water partition coefficient (Wildman–Crippen LogP) is 3.82. The van der Waals surface area contributed by atoms with Crippen molar-refractivity contribution in [3.63, 3.8) is 0 Å². The highest BCUT2D eigenvalue weighted by molar-refractivity contribution is 6.20. The third-order valence-corrected chi connectivity index (χ3v) is 3.67. The van der Waals surface area contributed by atoms with Crippen molar-refractivity contribution in [1.82, 2.24) is 4.98 Å². The number of hydrogen-bond acceptors (Lipinski definition) is 4. The van der Waals surface area contributed by atoms with Gasteiger partial charge in [0.1, 0.15) is 19.0 Å². The molecule has 2 unspecified atom stereocenters. The first-order chi connectivity index (χ1) is 10.1. The van der Waals surface area contributed by atoms with Gasteiger partial charge in [-0.05, 0) is 43.9 Å². The van der Waals surface area contributed by atoms with Gasteiger partial charge in [0.05, 0.1) is 0 Å². The van der Waals surface area contributed by atoms with Gasteiger partial charge in [0, 0.05) is 23.0 Å². The Labute approximate surface area is 129 Å². The maximum absolute atomic E-state index is 6.05. The molecule has 0 saturated heterocycles. The number of nitrogens with one attached hydrogen (secondary N) is 1. The van der Waals surface area contributed by atoms with Crippen molar-refractivity contribution in [3.8, 4) is 11.5 Å². The van der Waals surface area contributed by atoms with Gasteiger partial charge in [-0.2, -0.15) is 0 Å². The second-order valence-electron chi connectivity index (χ2n) is 5.44. The van der Waals surface area contributed by atoms with E-state index in [4.69, 9.17) is 21.1 Å². The minimum absolute atomic E-state index is 0.131. The molecule has 21 heavy (non-hydrogen) atoms. The quantitative estimate of drug-likeness (QED) is 0.872. The minimum atomic E-state index is 0.131. The van der Waals surface area contributed by atoms with E-state index < -0.39 is 0 Å². The minimum Gasteiger partial charge on any atom is -0.486 e. The zero-order chi connectivity index (χ0) is 14.8. The maximum atomic E-state index is 6.05. The van der Waals surface area contributed by atoms with Crippen molar-refractivity contribution < 1.29 is 9.47 Å². The Morgan fingerprint density at radius 2 is 1.95 bits per heavy atom. The molecule has 2 heterocycles. The lowest BCUT2D eigenvalue weighted by Gasteiger charge is -2.21. The van der Waals surface area contributed by atoms with Crippen LogP contribution in [0.3, 0.4) is 0 Å². The molecule has 1 aliphatic rings. The summed E-state index contributed by atoms with van der Waals surface area (Å²) in [6.07, 6.45) is 2.68. The Hall–Kier alpha value is -1.68. The summed E-state index contributed by atoms with van der Waals surface area (Å²) in [4.78, 5) is 4.45. The van der Waals surface area contributed by atoms with Crippen molar-refractivity contribution >= 4 is 28.2 Å². The number of anilines is 1. The van der Waals surface area contributed by atoms with Gasteiger partial charge in [0.2, 0.25) is 0 Å². The van der Waals surface area contributed by atoms with Crippen LogP contribution < -0.4 is 14.8 Å². The average molecular weight is 307 g/mol. The smallest absolute Gasteiger partial charge is 0.162 e. The Kier molecular flexibility index (Phi) is 4.06. The molecule has 0 radical (unpaired) electrons. The third kappa shape index (κ3) is 3.16. The lowest BCUT2D eigenvalue weighted by molar-refractivity contribution is 0.172. The topological polar surface area (TPSA) is 43.4 Å². The number of halogens is 1. The molecule has 0 fully saturated rings. The number of nitrogens with zero attached hydrogens (tertiary/aromatic N) is 1. The zero-order valence-electron chi connectivity index (χ0n) is 12.2. The molecule has 0 amide bonds. The lowest BCUT2D eigenvalue weighted by atomic mass is 10.1. The third-order valence-electron chi connectivity index (χ3n) is 3.49. The fourth-order valence-corrected chi connectivity index (χ4v) is 2.87. The highest BCUT2D eigenvalue weighted by Gasteiger charge is 2.15. The molecule has 0 aliphatic carbocycles. The Morgan fingerprint density at radius 1 is 1.24 bits per heavy atom. The number of hydrogen-bond donors (Lipinski definition) is 1. The van der Waals surface area contributed by atoms with E-state index >= 15 is 0 Å². The molecule has 2 aromatic rings. The first-order valence-corrected chi connectivity index (χ1v) is 7.66. The number of fused-ring (bicyclic) bond motifs is 2. The molecule has 4 nitrogen and oxygen atoms in total. The van der Waals surface area contributed by atoms with Gasteiger partial charge < -0.3 is 14.8 Å². The number of pyridine rings is 1. The second-order valence-corrected chi connectivity index (χ2v) is 6.18. The van der Waals surface area contributed by atoms with Crippen LogP contribution in [0.1, 0.15) is 20.3 Å². The van der Waals surface area contributed by atoms with E-state index in [9.17, 15) is 0 Å². The summed E-state index contributed by atoms with van der Waals surface area (Å²) in [6.45, 7) is 5.29. The Morgan fingerprint density at radius 3 is 2.67 bits per heavy atom. The van der Waals surface area contributed by atoms with Gasteiger partial charge >= 0.3 is 0 Å². The Balaban J connectivity index is 1.95. The summed E-state index contributed by atoms with van der Waals surface area (Å²) in [7, 11) is 0. The van der Waals surface area contributed by atoms with E-state index in [1.807, 2.05) is 25.1 Å². The highest BCUT2D eigenvalue weighted by Crippen LogP contribution is 2.36. The first kappa shape index (κ1) is 14.3. The summed E-state index contributed by atoms with van der Waals surface area (Å²) in [5.74, 6) is 2.44. The average Bonchev–Trinajstić information content (AvgIpc) is 2.45. The molecule has 0 spiro atoms.